The molecule has 24 heavy (non-hydrogen) atoms. The number of carbonyl (C=O) groups excluding carboxylic acids is 2. The number of ether oxygens (including phenoxy) is 2. The van der Waals surface area contributed by atoms with E-state index in [1.54, 1.807) is 37.5 Å². The third kappa shape index (κ3) is 2.63. The molecule has 2 heterocycles. The molecule has 1 aromatic rings. The molecular formula is C17H22N2O5. The number of methoxy groups -OCH3 is 2. The predicted octanol–water partition coefficient (Wildman–Crippen LogP) is 0.882. The number of amides is 1. The number of rotatable bonds is 4. The van der Waals surface area contributed by atoms with E-state index in [-0.39, 0.29) is 11.7 Å². The molecule has 3 rings (SSSR count). The van der Waals surface area contributed by atoms with Gasteiger partial charge in [-0.25, -0.2) is 0 Å². The van der Waals surface area contributed by atoms with E-state index in [9.17, 15) is 9.59 Å². The summed E-state index contributed by atoms with van der Waals surface area (Å²) in [5.41, 5.74) is -0.268. The van der Waals surface area contributed by atoms with Crippen molar-refractivity contribution in [1.82, 2.24) is 10.4 Å². The van der Waals surface area contributed by atoms with Crippen LogP contribution in [0.25, 0.3) is 0 Å². The van der Waals surface area contributed by atoms with Gasteiger partial charge in [0.25, 0.3) is 0 Å². The van der Waals surface area contributed by atoms with Crippen molar-refractivity contribution in [3.8, 4) is 11.5 Å². The van der Waals surface area contributed by atoms with Crippen LogP contribution in [0.1, 0.15) is 24.3 Å². The van der Waals surface area contributed by atoms with Crippen LogP contribution in [0.3, 0.4) is 0 Å². The first-order valence-corrected chi connectivity index (χ1v) is 7.92. The first-order valence-electron chi connectivity index (χ1n) is 7.92. The van der Waals surface area contributed by atoms with Gasteiger partial charge in [-0.05, 0) is 31.0 Å². The lowest BCUT2D eigenvalue weighted by molar-refractivity contribution is -0.157. The number of hydrogen-bond donors (Lipinski definition) is 1. The van der Waals surface area contributed by atoms with Crippen LogP contribution in [0.2, 0.25) is 0 Å². The van der Waals surface area contributed by atoms with E-state index in [2.05, 4.69) is 5.32 Å². The molecule has 0 saturated carbocycles. The number of nitrogens with one attached hydrogen (secondary N) is 1. The zero-order valence-corrected chi connectivity index (χ0v) is 14.1. The predicted molar refractivity (Wildman–Crippen MR) is 86.0 cm³/mol. The molecular weight excluding hydrogens is 312 g/mol. The molecule has 0 aliphatic carbocycles. The number of hydroxylamine groups is 2. The lowest BCUT2D eigenvalue weighted by Crippen LogP contribution is -2.54. The molecule has 1 spiro atoms. The highest BCUT2D eigenvalue weighted by Crippen LogP contribution is 2.40. The molecule has 0 bridgehead atoms. The molecule has 0 aromatic heterocycles. The molecule has 1 aromatic carbocycles. The maximum Gasteiger partial charge on any atom is 0.236 e. The summed E-state index contributed by atoms with van der Waals surface area (Å²) in [5.74, 6) is -0.159. The highest BCUT2D eigenvalue weighted by Gasteiger charge is 2.54. The second-order valence-electron chi connectivity index (χ2n) is 6.09. The van der Waals surface area contributed by atoms with Crippen LogP contribution in [0.5, 0.6) is 11.5 Å². The molecule has 7 nitrogen and oxygen atoms in total. The van der Waals surface area contributed by atoms with Gasteiger partial charge in [-0.15, -0.1) is 0 Å². The van der Waals surface area contributed by atoms with Crippen molar-refractivity contribution in [2.75, 3.05) is 34.4 Å². The summed E-state index contributed by atoms with van der Waals surface area (Å²) in [5, 5.41) is 4.73. The summed E-state index contributed by atoms with van der Waals surface area (Å²) in [6.45, 7) is 1.20. The van der Waals surface area contributed by atoms with E-state index >= 15 is 0 Å². The topological polar surface area (TPSA) is 77.1 Å². The molecule has 2 fully saturated rings. The molecule has 1 N–H and O–H groups in total. The van der Waals surface area contributed by atoms with Gasteiger partial charge < -0.3 is 19.6 Å². The van der Waals surface area contributed by atoms with Crippen LogP contribution in [0, 0.1) is 0 Å². The van der Waals surface area contributed by atoms with Crippen LogP contribution in [0.15, 0.2) is 18.2 Å². The van der Waals surface area contributed by atoms with Gasteiger partial charge in [-0.1, -0.05) is 0 Å². The van der Waals surface area contributed by atoms with E-state index in [0.29, 0.717) is 43.0 Å². The summed E-state index contributed by atoms with van der Waals surface area (Å²) in [6.07, 6.45) is 1.07. The molecule has 2 aliphatic heterocycles. The van der Waals surface area contributed by atoms with Gasteiger partial charge in [0.1, 0.15) is 23.0 Å². The average molecular weight is 334 g/mol. The van der Waals surface area contributed by atoms with E-state index in [1.807, 2.05) is 0 Å². The van der Waals surface area contributed by atoms with Gasteiger partial charge in [0.05, 0.1) is 21.3 Å². The van der Waals surface area contributed by atoms with Crippen molar-refractivity contribution in [2.24, 2.45) is 0 Å². The third-order valence-electron chi connectivity index (χ3n) is 4.94. The lowest BCUT2D eigenvalue weighted by Gasteiger charge is -2.36. The van der Waals surface area contributed by atoms with Gasteiger partial charge in [0.15, 0.2) is 5.78 Å². The minimum Gasteiger partial charge on any atom is -0.497 e. The Morgan fingerprint density at radius 1 is 1.12 bits per heavy atom. The largest absolute Gasteiger partial charge is 0.497 e. The van der Waals surface area contributed by atoms with Gasteiger partial charge in [0.2, 0.25) is 5.91 Å². The Hall–Kier alpha value is -2.12. The van der Waals surface area contributed by atoms with Gasteiger partial charge >= 0.3 is 0 Å². The van der Waals surface area contributed by atoms with Crippen molar-refractivity contribution < 1.29 is 23.9 Å². The number of hydrogen-bond acceptors (Lipinski definition) is 6. The lowest BCUT2D eigenvalue weighted by atomic mass is 9.80. The molecule has 1 atom stereocenters. The summed E-state index contributed by atoms with van der Waals surface area (Å²) in [4.78, 5) is 30.9. The standard InChI is InChI=1S/C17H22N2O5/c1-22-11-4-5-13(23-2)12(10-11)14-15(20)17(18-16(14)21)6-8-19(24-3)9-7-17/h4-5,10,14H,6-9H2,1-3H3,(H,18,21). The number of nitrogens with zero attached hydrogens (tertiary/aromatic N) is 1. The van der Waals surface area contributed by atoms with Crippen LogP contribution < -0.4 is 14.8 Å². The van der Waals surface area contributed by atoms with Gasteiger partial charge in [-0.2, -0.15) is 5.06 Å². The second kappa shape index (κ2) is 6.41. The quantitative estimate of drug-likeness (QED) is 0.824. The molecule has 130 valence electrons. The zero-order chi connectivity index (χ0) is 17.3. The highest BCUT2D eigenvalue weighted by atomic mass is 16.7. The molecule has 7 heteroatoms. The molecule has 2 aliphatic rings. The Kier molecular flexibility index (Phi) is 4.47. The van der Waals surface area contributed by atoms with E-state index in [4.69, 9.17) is 14.3 Å². The number of ketones is 1. The Labute approximate surface area is 140 Å². The van der Waals surface area contributed by atoms with E-state index in [1.165, 1.54) is 7.11 Å². The summed E-state index contributed by atoms with van der Waals surface area (Å²) >= 11 is 0. The number of Topliss-reactive ketones (excluding diaryl/α,β-unsaturated/α-hetero) is 1. The first-order chi connectivity index (χ1) is 11.5. The fourth-order valence-corrected chi connectivity index (χ4v) is 3.53. The SMILES string of the molecule is COc1ccc(OC)c(C2C(=O)NC3(CCN(OC)CC3)C2=O)c1. The van der Waals surface area contributed by atoms with Crippen LogP contribution in [-0.4, -0.2) is 56.7 Å². The Morgan fingerprint density at radius 3 is 2.42 bits per heavy atom. The van der Waals surface area contributed by atoms with Crippen molar-refractivity contribution in [2.45, 2.75) is 24.3 Å². The second-order valence-corrected chi connectivity index (χ2v) is 6.09. The van der Waals surface area contributed by atoms with Gasteiger partial charge in [0, 0.05) is 18.7 Å². The maximum atomic E-state index is 13.1. The monoisotopic (exact) mass is 334 g/mol. The van der Waals surface area contributed by atoms with Crippen LogP contribution >= 0.6 is 0 Å². The smallest absolute Gasteiger partial charge is 0.236 e. The van der Waals surface area contributed by atoms with Crippen molar-refractivity contribution in [3.05, 3.63) is 23.8 Å². The van der Waals surface area contributed by atoms with E-state index in [0.717, 1.165) is 0 Å². The summed E-state index contributed by atoms with van der Waals surface area (Å²) in [6, 6.07) is 5.16. The van der Waals surface area contributed by atoms with Crippen molar-refractivity contribution >= 4 is 11.7 Å². The molecule has 1 unspecified atom stereocenters. The fourth-order valence-electron chi connectivity index (χ4n) is 3.53. The zero-order valence-electron chi connectivity index (χ0n) is 14.1. The summed E-state index contributed by atoms with van der Waals surface area (Å²) < 4.78 is 10.6. The Morgan fingerprint density at radius 2 is 1.83 bits per heavy atom. The fraction of sp³-hybridized carbons (Fsp3) is 0.529. The first kappa shape index (κ1) is 16.7. The number of benzene rings is 1. The minimum absolute atomic E-state index is 0.102. The minimum atomic E-state index is -0.871. The molecule has 0 radical (unpaired) electrons. The number of piperidine rings is 1. The van der Waals surface area contributed by atoms with Crippen molar-refractivity contribution in [3.63, 3.8) is 0 Å². The van der Waals surface area contributed by atoms with Crippen LogP contribution in [-0.2, 0) is 14.4 Å². The Balaban J connectivity index is 1.93. The van der Waals surface area contributed by atoms with Crippen LogP contribution in [0.4, 0.5) is 0 Å². The number of carbonyl (C=O) groups is 2. The Bertz CT molecular complexity index is 652. The third-order valence-corrected chi connectivity index (χ3v) is 4.94. The summed E-state index contributed by atoms with van der Waals surface area (Å²) in [7, 11) is 4.68. The van der Waals surface area contributed by atoms with Gasteiger partial charge in [-0.3, -0.25) is 9.59 Å². The highest BCUT2D eigenvalue weighted by molar-refractivity contribution is 6.17. The maximum absolute atomic E-state index is 13.1. The molecule has 2 saturated heterocycles. The molecule has 1 amide bonds. The van der Waals surface area contributed by atoms with Crippen molar-refractivity contribution in [1.29, 1.82) is 0 Å². The van der Waals surface area contributed by atoms with E-state index < -0.39 is 11.5 Å². The average Bonchev–Trinajstić information content (AvgIpc) is 2.85. The normalized spacial score (nSPS) is 23.4.